The lowest BCUT2D eigenvalue weighted by molar-refractivity contribution is -0.157. The van der Waals surface area contributed by atoms with Gasteiger partial charge in [-0.1, -0.05) is 0 Å². The van der Waals surface area contributed by atoms with E-state index in [0.717, 1.165) is 0 Å². The van der Waals surface area contributed by atoms with Crippen LogP contribution in [0.5, 0.6) is 0 Å². The van der Waals surface area contributed by atoms with Crippen LogP contribution in [0.25, 0.3) is 11.2 Å². The summed E-state index contributed by atoms with van der Waals surface area (Å²) in [6.07, 6.45) is -5.40. The number of carboxylic acids is 1. The molecule has 0 spiro atoms. The Hall–Kier alpha value is -6.44. The Morgan fingerprint density at radius 1 is 0.831 bits per heavy atom. The number of aliphatic carboxylic acids is 1. The first-order valence-electron chi connectivity index (χ1n) is 18.0. The van der Waals surface area contributed by atoms with Crippen LogP contribution in [0, 0.1) is 0 Å². The van der Waals surface area contributed by atoms with Crippen LogP contribution in [0.1, 0.15) is 41.7 Å². The van der Waals surface area contributed by atoms with Gasteiger partial charge in [0, 0.05) is 49.5 Å². The monoisotopic (exact) mass is 846 g/mol. The molecule has 0 saturated carbocycles. The number of carboxylic acid groups (broad SMARTS) is 1. The lowest BCUT2D eigenvalue weighted by Gasteiger charge is -2.21. The van der Waals surface area contributed by atoms with E-state index < -0.39 is 97.4 Å². The summed E-state index contributed by atoms with van der Waals surface area (Å²) in [5.74, 6) is -5.42. The summed E-state index contributed by atoms with van der Waals surface area (Å²) in [6.45, 7) is -1.08. The van der Waals surface area contributed by atoms with Crippen LogP contribution in [-0.4, -0.2) is 145 Å². The summed E-state index contributed by atoms with van der Waals surface area (Å²) in [4.78, 5) is 112. The van der Waals surface area contributed by atoms with Crippen molar-refractivity contribution in [1.82, 2.24) is 51.8 Å². The van der Waals surface area contributed by atoms with Gasteiger partial charge in [-0.3, -0.25) is 38.5 Å². The third-order valence-corrected chi connectivity index (χ3v) is 8.29. The van der Waals surface area contributed by atoms with Gasteiger partial charge in [0.15, 0.2) is 17.3 Å². The second kappa shape index (κ2) is 23.7. The number of aliphatic hydroxyl groups excluding tert-OH is 3. The molecule has 0 saturated heterocycles. The van der Waals surface area contributed by atoms with Gasteiger partial charge in [0.2, 0.25) is 35.5 Å². The molecule has 0 radical (unpaired) electrons. The molecule has 2 aromatic heterocycles. The van der Waals surface area contributed by atoms with Gasteiger partial charge in [-0.05, 0) is 37.1 Å². The van der Waals surface area contributed by atoms with Crippen molar-refractivity contribution in [2.45, 2.75) is 56.6 Å². The number of nitrogens with zero attached hydrogens (tertiary/aromatic N) is 3. The number of benzene rings is 1. The summed E-state index contributed by atoms with van der Waals surface area (Å²) in [5, 5.41) is 55.2. The highest BCUT2D eigenvalue weighted by atomic mass is 32.1. The van der Waals surface area contributed by atoms with Gasteiger partial charge in [-0.25, -0.2) is 14.8 Å². The van der Waals surface area contributed by atoms with Crippen LogP contribution in [0.2, 0.25) is 0 Å². The number of aliphatic hydroxyl groups is 3. The number of aromatic nitrogens is 4. The SMILES string of the molecule is Nc1nc2ncc(CNc3ccc(C(=O)NCCCC(=O)NCC(=O)N[C@@H](CCC(=O)NC[C@H](O)[C@@H](O)[C@H](O)C(=O)O)C(=O)NCC(=O)NCCS)cc3)nc2c(=O)[nH]1. The Kier molecular flexibility index (Phi) is 18.9. The van der Waals surface area contributed by atoms with E-state index in [2.05, 4.69) is 69.8 Å². The summed E-state index contributed by atoms with van der Waals surface area (Å²) >= 11 is 3.97. The smallest absolute Gasteiger partial charge is 0.335 e. The predicted molar refractivity (Wildman–Crippen MR) is 210 cm³/mol. The zero-order valence-corrected chi connectivity index (χ0v) is 32.3. The number of rotatable bonds is 24. The Bertz CT molecular complexity index is 2020. The number of carbonyl (C=O) groups excluding carboxylic acids is 6. The number of H-pyrrole nitrogens is 1. The molecule has 320 valence electrons. The van der Waals surface area contributed by atoms with E-state index in [1.54, 1.807) is 24.3 Å². The topological polar surface area (TPSA) is 382 Å². The van der Waals surface area contributed by atoms with Crippen LogP contribution < -0.4 is 48.5 Å². The Balaban J connectivity index is 1.40. The van der Waals surface area contributed by atoms with Gasteiger partial charge in [0.25, 0.3) is 11.5 Å². The van der Waals surface area contributed by atoms with Gasteiger partial charge in [-0.2, -0.15) is 17.6 Å². The zero-order chi connectivity index (χ0) is 43.5. The molecule has 3 aromatic rings. The molecule has 14 N–H and O–H groups in total. The lowest BCUT2D eigenvalue weighted by Crippen LogP contribution is -2.51. The minimum atomic E-state index is -2.31. The van der Waals surface area contributed by atoms with Crippen molar-refractivity contribution >= 4 is 76.8 Å². The molecule has 4 atom stereocenters. The van der Waals surface area contributed by atoms with E-state index >= 15 is 0 Å². The van der Waals surface area contributed by atoms with E-state index in [4.69, 9.17) is 10.8 Å². The predicted octanol–water partition coefficient (Wildman–Crippen LogP) is -4.76. The summed E-state index contributed by atoms with van der Waals surface area (Å²) < 4.78 is 0. The highest BCUT2D eigenvalue weighted by Crippen LogP contribution is 2.12. The lowest BCUT2D eigenvalue weighted by atomic mass is 10.1. The fourth-order valence-electron chi connectivity index (χ4n) is 4.93. The maximum Gasteiger partial charge on any atom is 0.335 e. The standard InChI is InChI=1S/C34H46N12O12S/c35-34-45-29-26(32(56)46-34)43-19(13-41-29)12-38-18-5-3-17(4-6-18)30(54)37-9-1-2-22(48)40-16-25(51)44-20(31(55)42-15-24(50)36-10-11-59)7-8-23(49)39-14-21(47)27(52)28(53)33(57)58/h3-6,13,20-21,27-28,38,47,52-53,59H,1-2,7-12,14-16H2,(H,36,50)(H,37,54)(H,39,49)(H,40,48)(H,42,55)(H,44,51)(H,57,58)(H3,35,41,45,46,56)/t20-,21-,27+,28-/m0/s1. The highest BCUT2D eigenvalue weighted by Gasteiger charge is 2.30. The molecule has 1 aromatic carbocycles. The van der Waals surface area contributed by atoms with Crippen LogP contribution in [0.4, 0.5) is 11.6 Å². The number of carbonyl (C=O) groups is 7. The summed E-state index contributed by atoms with van der Waals surface area (Å²) in [7, 11) is 0. The first-order valence-corrected chi connectivity index (χ1v) is 18.6. The molecule has 59 heavy (non-hydrogen) atoms. The third kappa shape index (κ3) is 16.1. The number of thiol groups is 1. The van der Waals surface area contributed by atoms with Crippen molar-refractivity contribution < 1.29 is 54.0 Å². The fraction of sp³-hybridized carbons (Fsp3) is 0.441. The first-order chi connectivity index (χ1) is 28.1. The summed E-state index contributed by atoms with van der Waals surface area (Å²) in [6, 6.07) is 5.13. The van der Waals surface area contributed by atoms with Gasteiger partial charge >= 0.3 is 5.97 Å². The van der Waals surface area contributed by atoms with Gasteiger partial charge in [-0.15, -0.1) is 0 Å². The molecule has 0 aliphatic carbocycles. The Labute approximate surface area is 340 Å². The van der Waals surface area contributed by atoms with E-state index in [0.29, 0.717) is 22.7 Å². The van der Waals surface area contributed by atoms with Crippen LogP contribution >= 0.6 is 12.6 Å². The number of aromatic amines is 1. The number of amides is 6. The number of nitrogens with two attached hydrogens (primary N) is 1. The van der Waals surface area contributed by atoms with Crippen LogP contribution in [-0.2, 0) is 35.3 Å². The number of fused-ring (bicyclic) bond motifs is 1. The maximum absolute atomic E-state index is 12.8. The average molecular weight is 847 g/mol. The zero-order valence-electron chi connectivity index (χ0n) is 31.4. The normalized spacial score (nSPS) is 12.9. The molecular formula is C34H46N12O12S. The first kappa shape index (κ1) is 46.9. The van der Waals surface area contributed by atoms with Crippen molar-refractivity contribution in [2.75, 3.05) is 49.5 Å². The van der Waals surface area contributed by atoms with Crippen molar-refractivity contribution in [3.63, 3.8) is 0 Å². The fourth-order valence-corrected chi connectivity index (χ4v) is 5.04. The third-order valence-electron chi connectivity index (χ3n) is 8.07. The second-order valence-corrected chi connectivity index (χ2v) is 13.1. The van der Waals surface area contributed by atoms with Crippen molar-refractivity contribution in [3.05, 3.63) is 52.1 Å². The summed E-state index contributed by atoms with van der Waals surface area (Å²) in [5.41, 5.74) is 6.64. The van der Waals surface area contributed by atoms with Crippen LogP contribution in [0.3, 0.4) is 0 Å². The molecule has 24 nitrogen and oxygen atoms in total. The Morgan fingerprint density at radius 2 is 1.53 bits per heavy atom. The molecular weight excluding hydrogens is 801 g/mol. The molecule has 6 amide bonds. The molecule has 0 bridgehead atoms. The van der Waals surface area contributed by atoms with Crippen LogP contribution in [0.15, 0.2) is 35.3 Å². The second-order valence-electron chi connectivity index (χ2n) is 12.6. The Morgan fingerprint density at radius 3 is 2.22 bits per heavy atom. The van der Waals surface area contributed by atoms with E-state index in [9.17, 15) is 53.7 Å². The number of nitrogens with one attached hydrogen (secondary N) is 8. The van der Waals surface area contributed by atoms with Gasteiger partial charge in [0.1, 0.15) is 18.2 Å². The van der Waals surface area contributed by atoms with Crippen molar-refractivity contribution in [3.8, 4) is 0 Å². The van der Waals surface area contributed by atoms with Crippen molar-refractivity contribution in [1.29, 1.82) is 0 Å². The number of hydrogen-bond donors (Lipinski definition) is 14. The van der Waals surface area contributed by atoms with E-state index in [1.807, 2.05) is 0 Å². The van der Waals surface area contributed by atoms with Crippen molar-refractivity contribution in [2.24, 2.45) is 0 Å². The number of nitrogen functional groups attached to an aromatic ring is 1. The molecule has 3 rings (SSSR count). The molecule has 0 aliphatic rings. The maximum atomic E-state index is 12.8. The van der Waals surface area contributed by atoms with E-state index in [-0.39, 0.29) is 56.0 Å². The minimum Gasteiger partial charge on any atom is -0.479 e. The van der Waals surface area contributed by atoms with Gasteiger partial charge in [0.05, 0.1) is 31.5 Å². The molecule has 2 heterocycles. The average Bonchev–Trinajstić information content (AvgIpc) is 3.21. The molecule has 0 fully saturated rings. The number of hydrogen-bond acceptors (Lipinski definition) is 17. The minimum absolute atomic E-state index is 0.0435. The highest BCUT2D eigenvalue weighted by molar-refractivity contribution is 7.80. The van der Waals surface area contributed by atoms with Gasteiger partial charge < -0.3 is 63.4 Å². The quantitative estimate of drug-likeness (QED) is 0.0297. The van der Waals surface area contributed by atoms with E-state index in [1.165, 1.54) is 6.20 Å². The number of anilines is 2. The largest absolute Gasteiger partial charge is 0.479 e. The molecule has 25 heteroatoms. The molecule has 0 aliphatic heterocycles. The molecule has 0 unspecified atom stereocenters.